The van der Waals surface area contributed by atoms with Gasteiger partial charge in [0.15, 0.2) is 5.82 Å². The smallest absolute Gasteiger partial charge is 0.158 e. The van der Waals surface area contributed by atoms with Crippen LogP contribution < -0.4 is 9.64 Å². The van der Waals surface area contributed by atoms with Gasteiger partial charge in [0, 0.05) is 19.2 Å². The van der Waals surface area contributed by atoms with Crippen molar-refractivity contribution >= 4 is 16.9 Å². The molecule has 0 amide bonds. The lowest BCUT2D eigenvalue weighted by Gasteiger charge is -2.36. The van der Waals surface area contributed by atoms with Gasteiger partial charge in [-0.1, -0.05) is 20.8 Å². The molecule has 0 bridgehead atoms. The van der Waals surface area contributed by atoms with Crippen LogP contribution in [-0.2, 0) is 0 Å². The molecule has 1 aliphatic rings. The first-order valence-electron chi connectivity index (χ1n) is 7.44. The Morgan fingerprint density at radius 3 is 2.71 bits per heavy atom. The Labute approximate surface area is 124 Å². The fraction of sp³-hybridized carbons (Fsp3) is 0.533. The SMILES string of the molecule is CC.CCCOc1cnc2c(N3CC(O)C3)ncnc2c1. The van der Waals surface area contributed by atoms with E-state index in [0.717, 1.165) is 29.0 Å². The van der Waals surface area contributed by atoms with Crippen molar-refractivity contribution in [2.24, 2.45) is 0 Å². The lowest BCUT2D eigenvalue weighted by molar-refractivity contribution is 0.141. The lowest BCUT2D eigenvalue weighted by Crippen LogP contribution is -2.51. The molecule has 1 N–H and O–H groups in total. The van der Waals surface area contributed by atoms with E-state index in [4.69, 9.17) is 4.74 Å². The van der Waals surface area contributed by atoms with E-state index >= 15 is 0 Å². The normalized spacial score (nSPS) is 14.4. The van der Waals surface area contributed by atoms with E-state index in [1.807, 2.05) is 24.8 Å². The summed E-state index contributed by atoms with van der Waals surface area (Å²) in [5.41, 5.74) is 1.51. The summed E-state index contributed by atoms with van der Waals surface area (Å²) < 4.78 is 5.54. The summed E-state index contributed by atoms with van der Waals surface area (Å²) in [6.07, 6.45) is 3.91. The molecule has 3 heterocycles. The molecule has 0 atom stereocenters. The van der Waals surface area contributed by atoms with Crippen LogP contribution in [0.3, 0.4) is 0 Å². The summed E-state index contributed by atoms with van der Waals surface area (Å²) in [4.78, 5) is 14.9. The molecule has 3 rings (SSSR count). The van der Waals surface area contributed by atoms with Crippen molar-refractivity contribution in [3.05, 3.63) is 18.6 Å². The zero-order valence-corrected chi connectivity index (χ0v) is 12.8. The maximum absolute atomic E-state index is 9.37. The summed E-state index contributed by atoms with van der Waals surface area (Å²) in [6.45, 7) is 7.93. The van der Waals surface area contributed by atoms with Gasteiger partial charge in [-0.15, -0.1) is 0 Å². The van der Waals surface area contributed by atoms with E-state index in [-0.39, 0.29) is 6.10 Å². The van der Waals surface area contributed by atoms with Crippen molar-refractivity contribution in [3.8, 4) is 5.75 Å². The van der Waals surface area contributed by atoms with Gasteiger partial charge >= 0.3 is 0 Å². The fourth-order valence-corrected chi connectivity index (χ4v) is 2.07. The zero-order valence-electron chi connectivity index (χ0n) is 12.8. The van der Waals surface area contributed by atoms with Crippen LogP contribution in [0.4, 0.5) is 5.82 Å². The van der Waals surface area contributed by atoms with Crippen LogP contribution in [0.5, 0.6) is 5.75 Å². The highest BCUT2D eigenvalue weighted by Gasteiger charge is 2.27. The molecule has 1 saturated heterocycles. The number of fused-ring (bicyclic) bond motifs is 1. The van der Waals surface area contributed by atoms with Crippen LogP contribution in [0.2, 0.25) is 0 Å². The van der Waals surface area contributed by atoms with E-state index < -0.39 is 0 Å². The Morgan fingerprint density at radius 2 is 2.05 bits per heavy atom. The molecule has 114 valence electrons. The molecular formula is C15H22N4O2. The van der Waals surface area contributed by atoms with Gasteiger partial charge in [0.2, 0.25) is 0 Å². The Kier molecular flexibility index (Phi) is 5.27. The third-order valence-corrected chi connectivity index (χ3v) is 3.07. The number of ether oxygens (including phenoxy) is 1. The van der Waals surface area contributed by atoms with Crippen molar-refractivity contribution in [1.29, 1.82) is 0 Å². The molecule has 0 aromatic carbocycles. The Hall–Kier alpha value is -1.95. The maximum atomic E-state index is 9.37. The number of aliphatic hydroxyl groups excluding tert-OH is 1. The van der Waals surface area contributed by atoms with Gasteiger partial charge in [-0.05, 0) is 6.42 Å². The molecule has 0 radical (unpaired) electrons. The molecular weight excluding hydrogens is 268 g/mol. The molecule has 1 fully saturated rings. The first-order valence-corrected chi connectivity index (χ1v) is 7.44. The topological polar surface area (TPSA) is 71.4 Å². The van der Waals surface area contributed by atoms with E-state index in [0.29, 0.717) is 19.7 Å². The number of hydrogen-bond acceptors (Lipinski definition) is 6. The number of anilines is 1. The van der Waals surface area contributed by atoms with E-state index in [1.165, 1.54) is 6.33 Å². The number of aromatic nitrogens is 3. The summed E-state index contributed by atoms with van der Waals surface area (Å²) in [5.74, 6) is 1.50. The molecule has 21 heavy (non-hydrogen) atoms. The quantitative estimate of drug-likeness (QED) is 0.929. The van der Waals surface area contributed by atoms with Crippen LogP contribution in [0, 0.1) is 0 Å². The highest BCUT2D eigenvalue weighted by atomic mass is 16.5. The van der Waals surface area contributed by atoms with Gasteiger partial charge in [0.05, 0.1) is 24.4 Å². The second kappa shape index (κ2) is 7.17. The van der Waals surface area contributed by atoms with Gasteiger partial charge < -0.3 is 14.7 Å². The third kappa shape index (κ3) is 3.39. The molecule has 2 aromatic rings. The summed E-state index contributed by atoms with van der Waals surface area (Å²) in [7, 11) is 0. The standard InChI is InChI=1S/C13H16N4O2.C2H6/c1-2-3-19-10-4-11-12(14-5-10)13(16-8-15-11)17-6-9(18)7-17;1-2/h4-5,8-9,18H,2-3,6-7H2,1H3;1-2H3. The Morgan fingerprint density at radius 1 is 1.29 bits per heavy atom. The number of β-amino-alcohol motifs (C(OH)–C–C–N with tert-alkyl or cyclic N) is 1. The van der Waals surface area contributed by atoms with Crippen molar-refractivity contribution < 1.29 is 9.84 Å². The summed E-state index contributed by atoms with van der Waals surface area (Å²) >= 11 is 0. The van der Waals surface area contributed by atoms with Gasteiger partial charge in [0.25, 0.3) is 0 Å². The highest BCUT2D eigenvalue weighted by molar-refractivity contribution is 5.86. The number of pyridine rings is 1. The van der Waals surface area contributed by atoms with Gasteiger partial charge in [-0.25, -0.2) is 15.0 Å². The van der Waals surface area contributed by atoms with Crippen molar-refractivity contribution in [1.82, 2.24) is 15.0 Å². The van der Waals surface area contributed by atoms with Crippen molar-refractivity contribution in [2.75, 3.05) is 24.6 Å². The lowest BCUT2D eigenvalue weighted by atomic mass is 10.1. The highest BCUT2D eigenvalue weighted by Crippen LogP contribution is 2.26. The molecule has 2 aromatic heterocycles. The van der Waals surface area contributed by atoms with E-state index in [1.54, 1.807) is 6.20 Å². The van der Waals surface area contributed by atoms with E-state index in [2.05, 4.69) is 21.9 Å². The van der Waals surface area contributed by atoms with Crippen LogP contribution in [0.1, 0.15) is 27.2 Å². The predicted octanol–water partition coefficient (Wildman–Crippen LogP) is 2.02. The first kappa shape index (κ1) is 15.4. The van der Waals surface area contributed by atoms with Crippen molar-refractivity contribution in [2.45, 2.75) is 33.3 Å². The van der Waals surface area contributed by atoms with Crippen LogP contribution in [0.15, 0.2) is 18.6 Å². The summed E-state index contributed by atoms with van der Waals surface area (Å²) in [5, 5.41) is 9.37. The Balaban J connectivity index is 0.000000774. The fourth-order valence-electron chi connectivity index (χ4n) is 2.07. The minimum Gasteiger partial charge on any atom is -0.492 e. The molecule has 0 unspecified atom stereocenters. The zero-order chi connectivity index (χ0) is 15.2. The first-order chi connectivity index (χ1) is 10.3. The maximum Gasteiger partial charge on any atom is 0.158 e. The molecule has 6 nitrogen and oxygen atoms in total. The summed E-state index contributed by atoms with van der Waals surface area (Å²) in [6, 6.07) is 1.87. The van der Waals surface area contributed by atoms with Gasteiger partial charge in [0.1, 0.15) is 17.6 Å². The number of nitrogens with zero attached hydrogens (tertiary/aromatic N) is 4. The average Bonchev–Trinajstić information content (AvgIpc) is 2.51. The van der Waals surface area contributed by atoms with E-state index in [9.17, 15) is 5.11 Å². The molecule has 1 aliphatic heterocycles. The molecule has 6 heteroatoms. The minimum atomic E-state index is -0.267. The second-order valence-corrected chi connectivity index (χ2v) is 4.64. The second-order valence-electron chi connectivity index (χ2n) is 4.64. The third-order valence-electron chi connectivity index (χ3n) is 3.07. The minimum absolute atomic E-state index is 0.267. The average molecular weight is 290 g/mol. The monoisotopic (exact) mass is 290 g/mol. The van der Waals surface area contributed by atoms with Gasteiger partial charge in [-0.2, -0.15) is 0 Å². The predicted molar refractivity (Wildman–Crippen MR) is 82.7 cm³/mol. The van der Waals surface area contributed by atoms with Crippen LogP contribution in [-0.4, -0.2) is 45.9 Å². The molecule has 0 spiro atoms. The largest absolute Gasteiger partial charge is 0.492 e. The molecule has 0 aliphatic carbocycles. The number of hydrogen-bond donors (Lipinski definition) is 1. The van der Waals surface area contributed by atoms with Crippen LogP contribution in [0.25, 0.3) is 11.0 Å². The number of aliphatic hydroxyl groups is 1. The van der Waals surface area contributed by atoms with Crippen molar-refractivity contribution in [3.63, 3.8) is 0 Å². The molecule has 0 saturated carbocycles. The van der Waals surface area contributed by atoms with Gasteiger partial charge in [-0.3, -0.25) is 0 Å². The Bertz CT molecular complexity index is 585. The number of rotatable bonds is 4. The van der Waals surface area contributed by atoms with Crippen LogP contribution >= 0.6 is 0 Å².